The van der Waals surface area contributed by atoms with Crippen molar-refractivity contribution in [3.8, 4) is 0 Å². The van der Waals surface area contributed by atoms with E-state index in [0.29, 0.717) is 0 Å². The minimum atomic E-state index is 0. The van der Waals surface area contributed by atoms with Gasteiger partial charge in [0.2, 0.25) is 0 Å². The van der Waals surface area contributed by atoms with Gasteiger partial charge in [-0.3, -0.25) is 0 Å². The van der Waals surface area contributed by atoms with Crippen molar-refractivity contribution in [1.82, 2.24) is 0 Å². The van der Waals surface area contributed by atoms with E-state index in [1.807, 2.05) is 0 Å². The van der Waals surface area contributed by atoms with Gasteiger partial charge < -0.3 is 16.4 Å². The predicted octanol–water partition coefficient (Wildman–Crippen LogP) is -1.12. The van der Waals surface area contributed by atoms with Gasteiger partial charge in [0, 0.05) is 0 Å². The van der Waals surface area contributed by atoms with E-state index in [4.69, 9.17) is 0 Å². The molecule has 0 radical (unpaired) electrons. The van der Waals surface area contributed by atoms with Gasteiger partial charge in [-0.05, 0) is 0 Å². The maximum Gasteiger partial charge on any atom is 2.00 e. The van der Waals surface area contributed by atoms with Gasteiger partial charge in [-0.25, -0.2) is 0 Å². The Hall–Kier alpha value is 2.43. The summed E-state index contributed by atoms with van der Waals surface area (Å²) in [6.45, 7) is 0. The first-order valence-corrected chi connectivity index (χ1v) is 0. The standard InChI is InChI=1S/Ca.Fe.Mg.3O/q3*+2;3*-2. The monoisotopic (exact) mass is 168 g/mol. The number of hydrogen-bond acceptors (Lipinski definition) is 0. The van der Waals surface area contributed by atoms with Crippen LogP contribution in [0.5, 0.6) is 0 Å². The van der Waals surface area contributed by atoms with Crippen LogP contribution in [-0.4, -0.2) is 60.8 Å². The third kappa shape index (κ3) is 32.2. The average molecular weight is 168 g/mol. The average Bonchev–Trinajstić information content (AvgIpc) is 0. The van der Waals surface area contributed by atoms with Crippen LogP contribution in [0.1, 0.15) is 0 Å². The normalized spacial score (nSPS) is 0. The Balaban J connectivity index is 0. The third-order valence-electron chi connectivity index (χ3n) is 0. The van der Waals surface area contributed by atoms with Crippen molar-refractivity contribution in [2.75, 3.05) is 0 Å². The van der Waals surface area contributed by atoms with Gasteiger partial charge in [0.15, 0.2) is 0 Å². The van der Waals surface area contributed by atoms with Crippen molar-refractivity contribution in [1.29, 1.82) is 0 Å². The summed E-state index contributed by atoms with van der Waals surface area (Å²) in [4.78, 5) is 0. The van der Waals surface area contributed by atoms with E-state index in [2.05, 4.69) is 0 Å². The van der Waals surface area contributed by atoms with Gasteiger partial charge in [0.05, 0.1) is 0 Å². The molecule has 0 aromatic heterocycles. The molecule has 0 saturated heterocycles. The molecule has 0 heterocycles. The van der Waals surface area contributed by atoms with Crippen LogP contribution in [0.25, 0.3) is 0 Å². The zero-order valence-electron chi connectivity index (χ0n) is 2.99. The van der Waals surface area contributed by atoms with E-state index in [9.17, 15) is 0 Å². The van der Waals surface area contributed by atoms with Crippen molar-refractivity contribution in [2.45, 2.75) is 0 Å². The van der Waals surface area contributed by atoms with E-state index in [-0.39, 0.29) is 94.3 Å². The molecule has 0 aliphatic carbocycles. The van der Waals surface area contributed by atoms with Crippen LogP contribution in [-0.2, 0) is 33.5 Å². The summed E-state index contributed by atoms with van der Waals surface area (Å²) < 4.78 is 0. The largest absolute Gasteiger partial charge is 2.00 e. The van der Waals surface area contributed by atoms with Crippen LogP contribution >= 0.6 is 0 Å². The minimum Gasteiger partial charge on any atom is -2.00 e. The molecule has 0 rings (SSSR count). The van der Waals surface area contributed by atoms with Crippen LogP contribution in [0.3, 0.4) is 0 Å². The maximum absolute atomic E-state index is 0. The van der Waals surface area contributed by atoms with Gasteiger partial charge in [0.25, 0.3) is 0 Å². The molecule has 0 aliphatic heterocycles. The second-order valence-electron chi connectivity index (χ2n) is 0. The van der Waals surface area contributed by atoms with Crippen molar-refractivity contribution in [3.63, 3.8) is 0 Å². The molecule has 0 N–H and O–H groups in total. The van der Waals surface area contributed by atoms with Crippen molar-refractivity contribution >= 4 is 60.8 Å². The summed E-state index contributed by atoms with van der Waals surface area (Å²) in [6.07, 6.45) is 0. The summed E-state index contributed by atoms with van der Waals surface area (Å²) in [5, 5.41) is 0. The topological polar surface area (TPSA) is 85.5 Å². The van der Waals surface area contributed by atoms with Gasteiger partial charge >= 0.3 is 77.9 Å². The molecule has 30 valence electrons. The minimum absolute atomic E-state index is 0. The van der Waals surface area contributed by atoms with Crippen LogP contribution in [0, 0.1) is 0 Å². The molecule has 0 fully saturated rings. The van der Waals surface area contributed by atoms with Gasteiger partial charge in [-0.2, -0.15) is 0 Å². The Morgan fingerprint density at radius 2 is 0.667 bits per heavy atom. The molecule has 0 aliphatic rings. The quantitative estimate of drug-likeness (QED) is 0.410. The molecule has 6 heteroatoms. The molecule has 0 amide bonds. The molecule has 0 atom stereocenters. The van der Waals surface area contributed by atoms with Crippen LogP contribution in [0.15, 0.2) is 0 Å². The van der Waals surface area contributed by atoms with Crippen LogP contribution in [0.2, 0.25) is 0 Å². The second-order valence-corrected chi connectivity index (χ2v) is 0. The molecule has 0 aromatic rings. The zero-order chi connectivity index (χ0) is 0. The van der Waals surface area contributed by atoms with E-state index in [1.54, 1.807) is 0 Å². The zero-order valence-corrected chi connectivity index (χ0v) is 7.72. The van der Waals surface area contributed by atoms with E-state index >= 15 is 0 Å². The van der Waals surface area contributed by atoms with Crippen molar-refractivity contribution in [3.05, 3.63) is 0 Å². The maximum atomic E-state index is 0. The van der Waals surface area contributed by atoms with Crippen LogP contribution in [0.4, 0.5) is 0 Å². The first-order chi connectivity index (χ1) is 0. The molecular formula is CaFeMgO3. The summed E-state index contributed by atoms with van der Waals surface area (Å²) in [5.41, 5.74) is 0. The number of hydrogen-bond donors (Lipinski definition) is 0. The molecule has 0 aromatic carbocycles. The van der Waals surface area contributed by atoms with Gasteiger partial charge in [0.1, 0.15) is 0 Å². The van der Waals surface area contributed by atoms with E-state index in [0.717, 1.165) is 0 Å². The molecule has 3 nitrogen and oxygen atoms in total. The first kappa shape index (κ1) is 79.0. The SMILES string of the molecule is [Ca+2].[Fe+2].[Mg+2].[O-2].[O-2].[O-2]. The second kappa shape index (κ2) is 52.1. The Morgan fingerprint density at radius 1 is 0.667 bits per heavy atom. The van der Waals surface area contributed by atoms with E-state index in [1.165, 1.54) is 0 Å². The van der Waals surface area contributed by atoms with Crippen molar-refractivity contribution in [2.24, 2.45) is 0 Å². The molecule has 6 heavy (non-hydrogen) atoms. The molecule has 0 unspecified atom stereocenters. The fourth-order valence-corrected chi connectivity index (χ4v) is 0. The van der Waals surface area contributed by atoms with Crippen molar-refractivity contribution < 1.29 is 33.5 Å². The molecular weight excluding hydrogens is 168 g/mol. The fraction of sp³-hybridized carbons (Fsp3) is 0. The number of rotatable bonds is 0. The van der Waals surface area contributed by atoms with Crippen LogP contribution < -0.4 is 0 Å². The van der Waals surface area contributed by atoms with Gasteiger partial charge in [-0.15, -0.1) is 0 Å². The molecule has 0 bridgehead atoms. The first-order valence-electron chi connectivity index (χ1n) is 0. The summed E-state index contributed by atoms with van der Waals surface area (Å²) in [5.74, 6) is 0. The summed E-state index contributed by atoms with van der Waals surface area (Å²) in [6, 6.07) is 0. The van der Waals surface area contributed by atoms with Gasteiger partial charge in [-0.1, -0.05) is 0 Å². The summed E-state index contributed by atoms with van der Waals surface area (Å²) in [7, 11) is 0. The Kier molecular flexibility index (Phi) is 686. The summed E-state index contributed by atoms with van der Waals surface area (Å²) >= 11 is 0. The fourth-order valence-electron chi connectivity index (χ4n) is 0. The molecule has 0 spiro atoms. The smallest absolute Gasteiger partial charge is 2.00 e. The predicted molar refractivity (Wildman–Crippen MR) is 13.6 cm³/mol. The third-order valence-corrected chi connectivity index (χ3v) is 0. The Bertz CT molecular complexity index is 10.8. The Morgan fingerprint density at radius 3 is 0.667 bits per heavy atom. The van der Waals surface area contributed by atoms with E-state index < -0.39 is 0 Å². The Labute approximate surface area is 92.8 Å². The molecule has 0 saturated carbocycles.